The van der Waals surface area contributed by atoms with Crippen molar-refractivity contribution in [3.8, 4) is 0 Å². The summed E-state index contributed by atoms with van der Waals surface area (Å²) in [7, 11) is 0. The molecule has 0 radical (unpaired) electrons. The highest BCUT2D eigenvalue weighted by molar-refractivity contribution is 5.73. The second-order valence-electron chi connectivity index (χ2n) is 5.13. The Balaban J connectivity index is 2.08. The van der Waals surface area contributed by atoms with Crippen molar-refractivity contribution in [1.82, 2.24) is 14.5 Å². The molecule has 3 heterocycles. The number of aryl methyl sites for hydroxylation is 1. The Morgan fingerprint density at radius 3 is 2.95 bits per heavy atom. The molecule has 0 spiro atoms. The smallest absolute Gasteiger partial charge is 0.351 e. The average Bonchev–Trinajstić information content (AvgIpc) is 2.81. The molecule has 2 aromatic rings. The van der Waals surface area contributed by atoms with E-state index in [1.807, 2.05) is 0 Å². The first-order valence-corrected chi connectivity index (χ1v) is 6.57. The molecule has 21 heavy (non-hydrogen) atoms. The molecular weight excluding hydrogens is 278 g/mol. The monoisotopic (exact) mass is 293 g/mol. The van der Waals surface area contributed by atoms with Crippen LogP contribution in [0, 0.1) is 6.92 Å². The van der Waals surface area contributed by atoms with Crippen molar-refractivity contribution in [3.05, 3.63) is 38.7 Å². The first-order valence-electron chi connectivity index (χ1n) is 6.57. The van der Waals surface area contributed by atoms with Crippen molar-refractivity contribution < 1.29 is 14.9 Å². The third-order valence-corrected chi connectivity index (χ3v) is 3.64. The normalized spacial score (nSPS) is 25.6. The summed E-state index contributed by atoms with van der Waals surface area (Å²) in [4.78, 5) is 29.9. The van der Waals surface area contributed by atoms with E-state index in [0.29, 0.717) is 10.9 Å². The highest BCUT2D eigenvalue weighted by atomic mass is 16.5. The Morgan fingerprint density at radius 2 is 2.29 bits per heavy atom. The van der Waals surface area contributed by atoms with Gasteiger partial charge in [0.1, 0.15) is 18.0 Å². The number of ether oxygens (including phenoxy) is 1. The van der Waals surface area contributed by atoms with E-state index in [1.54, 1.807) is 13.0 Å². The number of rotatable bonds is 2. The number of fused-ring (bicyclic) bond motifs is 1. The van der Waals surface area contributed by atoms with Crippen molar-refractivity contribution in [2.24, 2.45) is 0 Å². The summed E-state index contributed by atoms with van der Waals surface area (Å²) < 4.78 is 6.71. The molecule has 3 N–H and O–H groups in total. The molecule has 0 aromatic carbocycles. The third-order valence-electron chi connectivity index (χ3n) is 3.64. The number of aliphatic hydroxyl groups excluding tert-OH is 2. The maximum absolute atomic E-state index is 12.0. The molecule has 1 aliphatic rings. The first kappa shape index (κ1) is 13.9. The summed E-state index contributed by atoms with van der Waals surface area (Å²) in [5.74, 6) is 0. The molecular formula is C13H15N3O5. The van der Waals surface area contributed by atoms with Gasteiger partial charge >= 0.3 is 5.69 Å². The third kappa shape index (κ3) is 2.37. The van der Waals surface area contributed by atoms with Crippen molar-refractivity contribution in [3.63, 3.8) is 0 Å². The lowest BCUT2D eigenvalue weighted by Gasteiger charge is -2.14. The van der Waals surface area contributed by atoms with Crippen LogP contribution in [0.25, 0.3) is 11.0 Å². The number of aliphatic hydroxyl groups is 2. The summed E-state index contributed by atoms with van der Waals surface area (Å²) in [6, 6.07) is 1.63. The predicted molar refractivity (Wildman–Crippen MR) is 73.0 cm³/mol. The van der Waals surface area contributed by atoms with E-state index < -0.39 is 24.1 Å². The van der Waals surface area contributed by atoms with E-state index in [2.05, 4.69) is 9.97 Å². The number of aromatic amines is 1. The molecule has 0 saturated carbocycles. The Labute approximate surface area is 118 Å². The molecule has 3 rings (SSSR count). The van der Waals surface area contributed by atoms with Crippen LogP contribution in [0.4, 0.5) is 0 Å². The van der Waals surface area contributed by atoms with E-state index in [-0.39, 0.29) is 24.2 Å². The highest BCUT2D eigenvalue weighted by Crippen LogP contribution is 2.27. The number of H-pyrrole nitrogens is 1. The summed E-state index contributed by atoms with van der Waals surface area (Å²) in [6.45, 7) is 1.34. The van der Waals surface area contributed by atoms with Crippen LogP contribution in [-0.2, 0) is 4.74 Å². The van der Waals surface area contributed by atoms with Crippen LogP contribution < -0.4 is 11.2 Å². The quantitative estimate of drug-likeness (QED) is 0.656. The number of nitrogens with one attached hydrogen (secondary N) is 1. The number of nitrogens with zero attached hydrogens (tertiary/aromatic N) is 2. The van der Waals surface area contributed by atoms with Crippen LogP contribution in [0.5, 0.6) is 0 Å². The number of aromatic nitrogens is 3. The molecule has 2 aromatic heterocycles. The van der Waals surface area contributed by atoms with Gasteiger partial charge in [-0.15, -0.1) is 0 Å². The van der Waals surface area contributed by atoms with Crippen LogP contribution in [0.15, 0.2) is 21.9 Å². The minimum Gasteiger partial charge on any atom is -0.394 e. The minimum atomic E-state index is -0.833. The molecule has 0 amide bonds. The fraction of sp³-hybridized carbons (Fsp3) is 0.462. The lowest BCUT2D eigenvalue weighted by atomic mass is 10.2. The fourth-order valence-electron chi connectivity index (χ4n) is 2.45. The van der Waals surface area contributed by atoms with Gasteiger partial charge in [-0.05, 0) is 13.0 Å². The van der Waals surface area contributed by atoms with Gasteiger partial charge in [-0.25, -0.2) is 4.79 Å². The maximum Gasteiger partial charge on any atom is 0.351 e. The maximum atomic E-state index is 12.0. The predicted octanol–water partition coefficient (Wildman–Crippen LogP) is -0.966. The lowest BCUT2D eigenvalue weighted by molar-refractivity contribution is -0.0457. The van der Waals surface area contributed by atoms with E-state index >= 15 is 0 Å². The zero-order valence-electron chi connectivity index (χ0n) is 11.3. The van der Waals surface area contributed by atoms with Gasteiger partial charge in [-0.1, -0.05) is 0 Å². The van der Waals surface area contributed by atoms with E-state index in [4.69, 9.17) is 9.84 Å². The highest BCUT2D eigenvalue weighted by Gasteiger charge is 2.35. The Hall–Kier alpha value is -2.03. The SMILES string of the molecule is Cc1cc2cn([C@H]3C[C@H](O)[C@@H](CO)O3)c(=O)nc2[nH]c1=O. The second kappa shape index (κ2) is 5.06. The van der Waals surface area contributed by atoms with Crippen LogP contribution in [0.3, 0.4) is 0 Å². The molecule has 0 aliphatic carbocycles. The average molecular weight is 293 g/mol. The molecule has 8 nitrogen and oxygen atoms in total. The fourth-order valence-corrected chi connectivity index (χ4v) is 2.45. The molecule has 1 saturated heterocycles. The van der Waals surface area contributed by atoms with E-state index in [0.717, 1.165) is 0 Å². The number of pyridine rings is 1. The Bertz CT molecular complexity index is 796. The van der Waals surface area contributed by atoms with Crippen molar-refractivity contribution in [2.75, 3.05) is 6.61 Å². The molecule has 1 aliphatic heterocycles. The van der Waals surface area contributed by atoms with Gasteiger partial charge in [-0.3, -0.25) is 9.36 Å². The summed E-state index contributed by atoms with van der Waals surface area (Å²) in [6.07, 6.45) is -0.505. The van der Waals surface area contributed by atoms with Crippen molar-refractivity contribution in [1.29, 1.82) is 0 Å². The summed E-state index contributed by atoms with van der Waals surface area (Å²) in [5.41, 5.74) is -0.156. The van der Waals surface area contributed by atoms with Gasteiger partial charge in [-0.2, -0.15) is 4.98 Å². The van der Waals surface area contributed by atoms with Gasteiger partial charge in [0.05, 0.1) is 12.7 Å². The topological polar surface area (TPSA) is 117 Å². The van der Waals surface area contributed by atoms with Crippen LogP contribution in [0.1, 0.15) is 18.2 Å². The van der Waals surface area contributed by atoms with Crippen molar-refractivity contribution >= 4 is 11.0 Å². The standard InChI is InChI=1S/C13H15N3O5/c1-6-2-7-4-16(10-3-8(18)9(5-17)21-10)13(20)15-11(7)14-12(6)19/h2,4,8-10,17-18H,3,5H2,1H3,(H,14,15,19,20)/t8-,9+,10+/m0/s1. The van der Waals surface area contributed by atoms with Gasteiger partial charge in [0.25, 0.3) is 5.56 Å². The van der Waals surface area contributed by atoms with Crippen LogP contribution in [-0.4, -0.2) is 43.6 Å². The zero-order valence-corrected chi connectivity index (χ0v) is 11.3. The van der Waals surface area contributed by atoms with Gasteiger partial charge < -0.3 is 19.9 Å². The zero-order chi connectivity index (χ0) is 15.1. The number of hydrogen-bond acceptors (Lipinski definition) is 6. The second-order valence-corrected chi connectivity index (χ2v) is 5.13. The van der Waals surface area contributed by atoms with Crippen molar-refractivity contribution in [2.45, 2.75) is 31.8 Å². The first-order chi connectivity index (χ1) is 9.99. The summed E-state index contributed by atoms with van der Waals surface area (Å²) in [5, 5.41) is 19.4. The molecule has 3 atom stereocenters. The lowest BCUT2D eigenvalue weighted by Crippen LogP contribution is -2.28. The van der Waals surface area contributed by atoms with E-state index in [1.165, 1.54) is 10.8 Å². The molecule has 0 bridgehead atoms. The van der Waals surface area contributed by atoms with Gasteiger partial charge in [0, 0.05) is 23.6 Å². The molecule has 8 heteroatoms. The van der Waals surface area contributed by atoms with Gasteiger partial charge in [0.15, 0.2) is 0 Å². The molecule has 0 unspecified atom stereocenters. The van der Waals surface area contributed by atoms with E-state index in [9.17, 15) is 14.7 Å². The molecule has 112 valence electrons. The number of hydrogen-bond donors (Lipinski definition) is 3. The minimum absolute atomic E-state index is 0.195. The summed E-state index contributed by atoms with van der Waals surface area (Å²) >= 11 is 0. The van der Waals surface area contributed by atoms with Gasteiger partial charge in [0.2, 0.25) is 0 Å². The molecule has 1 fully saturated rings. The van der Waals surface area contributed by atoms with Crippen LogP contribution >= 0.6 is 0 Å². The largest absolute Gasteiger partial charge is 0.394 e. The Kier molecular flexibility index (Phi) is 3.36. The Morgan fingerprint density at radius 1 is 1.52 bits per heavy atom. The van der Waals surface area contributed by atoms with Crippen LogP contribution in [0.2, 0.25) is 0 Å².